The molecule has 1 aliphatic carbocycles. The molecule has 0 aliphatic heterocycles. The lowest BCUT2D eigenvalue weighted by Crippen LogP contribution is -2.42. The van der Waals surface area contributed by atoms with Crippen LogP contribution in [0.2, 0.25) is 0 Å². The molecule has 1 saturated carbocycles. The first kappa shape index (κ1) is 23.9. The van der Waals surface area contributed by atoms with Gasteiger partial charge in [0.1, 0.15) is 18.0 Å². The summed E-state index contributed by atoms with van der Waals surface area (Å²) >= 11 is 0. The first-order chi connectivity index (χ1) is 16.2. The number of ether oxygens (including phenoxy) is 1. The maximum absolute atomic E-state index is 13.5. The molecule has 1 amide bonds. The average molecular weight is 464 g/mol. The molecule has 178 valence electrons. The van der Waals surface area contributed by atoms with Crippen LogP contribution >= 0.6 is 0 Å². The predicted molar refractivity (Wildman–Crippen MR) is 128 cm³/mol. The maximum atomic E-state index is 13.5. The number of hydrogen-bond donors (Lipinski definition) is 3. The van der Waals surface area contributed by atoms with Crippen molar-refractivity contribution in [1.82, 2.24) is 10.3 Å². The van der Waals surface area contributed by atoms with Crippen molar-refractivity contribution in [1.29, 1.82) is 0 Å². The molecule has 1 aromatic heterocycles. The second-order valence-electron chi connectivity index (χ2n) is 9.35. The fraction of sp³-hybridized carbons (Fsp3) is 0.333. The average Bonchev–Trinajstić information content (AvgIpc) is 3.69. The fourth-order valence-electron chi connectivity index (χ4n) is 4.01. The highest BCUT2D eigenvalue weighted by Gasteiger charge is 2.46. The summed E-state index contributed by atoms with van der Waals surface area (Å²) in [7, 11) is 0. The van der Waals surface area contributed by atoms with Gasteiger partial charge in [-0.05, 0) is 80.1 Å². The topological polar surface area (TPSA) is 97.5 Å². The minimum Gasteiger partial charge on any atom is -0.445 e. The van der Waals surface area contributed by atoms with Crippen molar-refractivity contribution in [3.8, 4) is 11.3 Å². The lowest BCUT2D eigenvalue weighted by Gasteiger charge is -2.31. The SMILES string of the molecule is CC(C)(NC(=O)OCc1ccccc1)c1cc(-c2ccc(F)cc2)nc(C(O)(CN)C2CC2)c1. The third-order valence-corrected chi connectivity index (χ3v) is 6.32. The number of aromatic nitrogens is 1. The van der Waals surface area contributed by atoms with E-state index in [1.165, 1.54) is 12.1 Å². The van der Waals surface area contributed by atoms with Gasteiger partial charge in [-0.3, -0.25) is 0 Å². The van der Waals surface area contributed by atoms with Gasteiger partial charge in [0, 0.05) is 12.1 Å². The summed E-state index contributed by atoms with van der Waals surface area (Å²) in [5.41, 5.74) is 7.19. The van der Waals surface area contributed by atoms with Crippen LogP contribution in [-0.2, 0) is 22.5 Å². The lowest BCUT2D eigenvalue weighted by atomic mass is 9.87. The van der Waals surface area contributed by atoms with Gasteiger partial charge in [0.25, 0.3) is 0 Å². The van der Waals surface area contributed by atoms with E-state index in [1.54, 1.807) is 18.2 Å². The van der Waals surface area contributed by atoms with Crippen LogP contribution in [0.5, 0.6) is 0 Å². The van der Waals surface area contributed by atoms with Crippen LogP contribution in [0.3, 0.4) is 0 Å². The zero-order chi connectivity index (χ0) is 24.3. The monoisotopic (exact) mass is 463 g/mol. The number of rotatable bonds is 8. The zero-order valence-corrected chi connectivity index (χ0v) is 19.4. The predicted octanol–water partition coefficient (Wildman–Crippen LogP) is 4.61. The Morgan fingerprint density at radius 3 is 2.44 bits per heavy atom. The van der Waals surface area contributed by atoms with Crippen LogP contribution in [0, 0.1) is 11.7 Å². The van der Waals surface area contributed by atoms with Gasteiger partial charge in [-0.15, -0.1) is 0 Å². The normalized spacial score (nSPS) is 15.4. The summed E-state index contributed by atoms with van der Waals surface area (Å²) in [6.07, 6.45) is 1.18. The fourth-order valence-corrected chi connectivity index (χ4v) is 4.01. The molecule has 34 heavy (non-hydrogen) atoms. The molecular formula is C27H30FN3O3. The highest BCUT2D eigenvalue weighted by molar-refractivity contribution is 5.69. The number of nitrogens with one attached hydrogen (secondary N) is 1. The van der Waals surface area contributed by atoms with Gasteiger partial charge in [0.2, 0.25) is 0 Å². The van der Waals surface area contributed by atoms with Gasteiger partial charge in [-0.2, -0.15) is 0 Å². The number of benzene rings is 2. The smallest absolute Gasteiger partial charge is 0.408 e. The maximum Gasteiger partial charge on any atom is 0.408 e. The van der Waals surface area contributed by atoms with Crippen LogP contribution in [0.4, 0.5) is 9.18 Å². The minimum atomic E-state index is -1.27. The molecule has 0 spiro atoms. The van der Waals surface area contributed by atoms with E-state index < -0.39 is 17.2 Å². The Balaban J connectivity index is 1.64. The number of alkyl carbamates (subject to hydrolysis) is 1. The van der Waals surface area contributed by atoms with E-state index in [4.69, 9.17) is 15.5 Å². The first-order valence-electron chi connectivity index (χ1n) is 11.4. The number of carbonyl (C=O) groups is 1. The molecule has 2 aromatic carbocycles. The number of halogens is 1. The molecule has 1 fully saturated rings. The Kier molecular flexibility index (Phi) is 6.68. The molecule has 0 saturated heterocycles. The molecule has 1 unspecified atom stereocenters. The highest BCUT2D eigenvalue weighted by atomic mass is 19.1. The van der Waals surface area contributed by atoms with Gasteiger partial charge < -0.3 is 20.9 Å². The Morgan fingerprint density at radius 2 is 1.82 bits per heavy atom. The molecule has 1 atom stereocenters. The zero-order valence-electron chi connectivity index (χ0n) is 19.4. The molecule has 0 bridgehead atoms. The van der Waals surface area contributed by atoms with Crippen LogP contribution in [-0.4, -0.2) is 22.7 Å². The number of amides is 1. The number of hydrogen-bond acceptors (Lipinski definition) is 5. The van der Waals surface area contributed by atoms with E-state index in [1.807, 2.05) is 50.2 Å². The van der Waals surface area contributed by atoms with Crippen LogP contribution in [0.1, 0.15) is 43.5 Å². The number of carbonyl (C=O) groups excluding carboxylic acids is 1. The summed E-state index contributed by atoms with van der Waals surface area (Å²) in [5.74, 6) is -0.312. The number of nitrogens with two attached hydrogens (primary N) is 1. The van der Waals surface area contributed by atoms with Crippen molar-refractivity contribution in [2.45, 2.75) is 44.4 Å². The third kappa shape index (κ3) is 5.26. The van der Waals surface area contributed by atoms with Crippen molar-refractivity contribution in [3.05, 3.63) is 89.4 Å². The second kappa shape index (κ2) is 9.52. The molecule has 6 nitrogen and oxygen atoms in total. The third-order valence-electron chi connectivity index (χ3n) is 6.32. The van der Waals surface area contributed by atoms with Crippen molar-refractivity contribution in [2.75, 3.05) is 6.54 Å². The van der Waals surface area contributed by atoms with E-state index in [-0.39, 0.29) is 24.9 Å². The van der Waals surface area contributed by atoms with Crippen LogP contribution < -0.4 is 11.1 Å². The Morgan fingerprint density at radius 1 is 1.15 bits per heavy atom. The molecule has 1 aliphatic rings. The molecule has 3 aromatic rings. The van der Waals surface area contributed by atoms with E-state index >= 15 is 0 Å². The summed E-state index contributed by atoms with van der Waals surface area (Å²) in [6, 6.07) is 19.1. The molecule has 4 rings (SSSR count). The van der Waals surface area contributed by atoms with Crippen LogP contribution in [0.15, 0.2) is 66.7 Å². The van der Waals surface area contributed by atoms with Crippen LogP contribution in [0.25, 0.3) is 11.3 Å². The van der Waals surface area contributed by atoms with E-state index in [0.29, 0.717) is 17.0 Å². The van der Waals surface area contributed by atoms with E-state index in [9.17, 15) is 14.3 Å². The summed E-state index contributed by atoms with van der Waals surface area (Å²) < 4.78 is 18.9. The first-order valence-corrected chi connectivity index (χ1v) is 11.4. The van der Waals surface area contributed by atoms with Gasteiger partial charge in [-0.25, -0.2) is 14.2 Å². The highest BCUT2D eigenvalue weighted by Crippen LogP contribution is 2.45. The Labute approximate surface area is 199 Å². The molecule has 1 heterocycles. The van der Waals surface area contributed by atoms with Gasteiger partial charge in [0.15, 0.2) is 0 Å². The van der Waals surface area contributed by atoms with Gasteiger partial charge in [-0.1, -0.05) is 30.3 Å². The van der Waals surface area contributed by atoms with Crippen molar-refractivity contribution < 1.29 is 19.0 Å². The van der Waals surface area contributed by atoms with E-state index in [2.05, 4.69) is 5.32 Å². The Hall–Kier alpha value is -3.29. The Bertz CT molecular complexity index is 1150. The van der Waals surface area contributed by atoms with Crippen molar-refractivity contribution in [3.63, 3.8) is 0 Å². The molecular weight excluding hydrogens is 433 g/mol. The standard InChI is InChI=1S/C27H30FN3O3/c1-26(2,31-25(32)34-16-18-6-4-3-5-7-18)21-14-23(19-8-12-22(28)13-9-19)30-24(15-21)27(33,17-29)20-10-11-20/h3-9,12-15,20,33H,10-11,16-17,29H2,1-2H3,(H,31,32). The molecule has 7 heteroatoms. The lowest BCUT2D eigenvalue weighted by molar-refractivity contribution is 0.0178. The number of pyridine rings is 1. The van der Waals surface area contributed by atoms with Crippen molar-refractivity contribution in [2.24, 2.45) is 11.7 Å². The summed E-state index contributed by atoms with van der Waals surface area (Å²) in [5, 5.41) is 14.3. The quantitative estimate of drug-likeness (QED) is 0.453. The molecule has 4 N–H and O–H groups in total. The summed E-state index contributed by atoms with van der Waals surface area (Å²) in [6.45, 7) is 3.88. The van der Waals surface area contributed by atoms with Gasteiger partial charge >= 0.3 is 6.09 Å². The largest absolute Gasteiger partial charge is 0.445 e. The molecule has 0 radical (unpaired) electrons. The minimum absolute atomic E-state index is 0.0317. The second-order valence-corrected chi connectivity index (χ2v) is 9.35. The van der Waals surface area contributed by atoms with Crippen molar-refractivity contribution >= 4 is 6.09 Å². The number of aliphatic hydroxyl groups is 1. The number of nitrogens with zero attached hydrogens (tertiary/aromatic N) is 1. The van der Waals surface area contributed by atoms with E-state index in [0.717, 1.165) is 24.0 Å². The summed E-state index contributed by atoms with van der Waals surface area (Å²) in [4.78, 5) is 17.3. The van der Waals surface area contributed by atoms with Gasteiger partial charge in [0.05, 0.1) is 16.9 Å².